The number of carbonyl (C=O) groups excluding carboxylic acids is 1. The molecule has 1 aromatic rings. The Hall–Kier alpha value is -1.84. The Bertz CT molecular complexity index is 362. The monoisotopic (exact) mass is 204 g/mol. The van der Waals surface area contributed by atoms with Crippen LogP contribution < -0.4 is 4.74 Å². The van der Waals surface area contributed by atoms with Gasteiger partial charge < -0.3 is 4.74 Å². The molecular formula is C11H12N2O2. The highest BCUT2D eigenvalue weighted by molar-refractivity contribution is 5.93. The van der Waals surface area contributed by atoms with E-state index in [1.807, 2.05) is 30.3 Å². The normalized spacial score (nSPS) is 14.7. The Labute approximate surface area is 88.2 Å². The van der Waals surface area contributed by atoms with Crippen LogP contribution in [-0.2, 0) is 4.79 Å². The molecule has 1 aliphatic rings. The van der Waals surface area contributed by atoms with Crippen molar-refractivity contribution < 1.29 is 9.53 Å². The van der Waals surface area contributed by atoms with Crippen LogP contribution in [0.25, 0.3) is 0 Å². The van der Waals surface area contributed by atoms with Crippen molar-refractivity contribution in [3.63, 3.8) is 0 Å². The Morgan fingerprint density at radius 3 is 2.80 bits per heavy atom. The number of para-hydroxylation sites is 1. The molecule has 0 unspecified atom stereocenters. The summed E-state index contributed by atoms with van der Waals surface area (Å²) in [5.41, 5.74) is 0. The van der Waals surface area contributed by atoms with Crippen LogP contribution in [0.5, 0.6) is 5.75 Å². The van der Waals surface area contributed by atoms with E-state index in [-0.39, 0.29) is 5.91 Å². The second-order valence-electron chi connectivity index (χ2n) is 3.18. The van der Waals surface area contributed by atoms with E-state index in [9.17, 15) is 4.79 Å². The zero-order chi connectivity index (χ0) is 10.5. The van der Waals surface area contributed by atoms with Gasteiger partial charge in [0, 0.05) is 6.21 Å². The van der Waals surface area contributed by atoms with Crippen molar-refractivity contribution in [2.75, 3.05) is 13.2 Å². The predicted octanol–water partition coefficient (Wildman–Crippen LogP) is 1.28. The fourth-order valence-electron chi connectivity index (χ4n) is 1.34. The van der Waals surface area contributed by atoms with Crippen molar-refractivity contribution in [1.29, 1.82) is 0 Å². The van der Waals surface area contributed by atoms with Crippen LogP contribution in [-0.4, -0.2) is 30.3 Å². The largest absolute Gasteiger partial charge is 0.492 e. The number of hydrogen-bond donors (Lipinski definition) is 0. The standard InChI is InChI=1S/C11H12N2O2/c14-11-6-7-12-13(11)8-9-15-10-4-2-1-3-5-10/h1-5,7H,6,8-9H2. The van der Waals surface area contributed by atoms with Crippen molar-refractivity contribution in [1.82, 2.24) is 5.01 Å². The summed E-state index contributed by atoms with van der Waals surface area (Å²) in [5.74, 6) is 0.847. The zero-order valence-corrected chi connectivity index (χ0v) is 8.30. The fourth-order valence-corrected chi connectivity index (χ4v) is 1.34. The number of amides is 1. The van der Waals surface area contributed by atoms with Crippen LogP contribution in [0.4, 0.5) is 0 Å². The van der Waals surface area contributed by atoms with Gasteiger partial charge in [-0.25, -0.2) is 5.01 Å². The Balaban J connectivity index is 1.76. The number of carbonyl (C=O) groups is 1. The first-order valence-corrected chi connectivity index (χ1v) is 4.87. The van der Waals surface area contributed by atoms with Crippen LogP contribution in [0.1, 0.15) is 6.42 Å². The van der Waals surface area contributed by atoms with Crippen LogP contribution in [0, 0.1) is 0 Å². The lowest BCUT2D eigenvalue weighted by Gasteiger charge is -2.12. The maximum absolute atomic E-state index is 11.2. The molecular weight excluding hydrogens is 192 g/mol. The summed E-state index contributed by atoms with van der Waals surface area (Å²) in [6.07, 6.45) is 2.02. The number of benzene rings is 1. The van der Waals surface area contributed by atoms with E-state index < -0.39 is 0 Å². The molecule has 1 amide bonds. The number of hydrazone groups is 1. The highest BCUT2D eigenvalue weighted by Gasteiger charge is 2.15. The quantitative estimate of drug-likeness (QED) is 0.741. The molecule has 0 radical (unpaired) electrons. The average molecular weight is 204 g/mol. The molecule has 1 aromatic carbocycles. The zero-order valence-electron chi connectivity index (χ0n) is 8.30. The Morgan fingerprint density at radius 1 is 1.33 bits per heavy atom. The summed E-state index contributed by atoms with van der Waals surface area (Å²) >= 11 is 0. The minimum absolute atomic E-state index is 0.0339. The molecule has 0 saturated heterocycles. The van der Waals surface area contributed by atoms with E-state index >= 15 is 0 Å². The molecule has 1 aliphatic heterocycles. The van der Waals surface area contributed by atoms with Gasteiger partial charge in [0.1, 0.15) is 12.4 Å². The minimum atomic E-state index is 0.0339. The Morgan fingerprint density at radius 2 is 2.13 bits per heavy atom. The summed E-state index contributed by atoms with van der Waals surface area (Å²) in [6.45, 7) is 0.970. The van der Waals surface area contributed by atoms with Crippen molar-refractivity contribution >= 4 is 12.1 Å². The number of nitrogens with zero attached hydrogens (tertiary/aromatic N) is 2. The van der Waals surface area contributed by atoms with Gasteiger partial charge in [0.05, 0.1) is 13.0 Å². The molecule has 2 rings (SSSR count). The Kier molecular flexibility index (Phi) is 2.97. The van der Waals surface area contributed by atoms with E-state index in [2.05, 4.69) is 5.10 Å². The molecule has 78 valence electrons. The van der Waals surface area contributed by atoms with Gasteiger partial charge >= 0.3 is 0 Å². The van der Waals surface area contributed by atoms with Crippen molar-refractivity contribution in [2.24, 2.45) is 5.10 Å². The molecule has 0 bridgehead atoms. The van der Waals surface area contributed by atoms with Gasteiger partial charge in [0.15, 0.2) is 0 Å². The average Bonchev–Trinajstić information content (AvgIpc) is 2.66. The number of hydrogen-bond acceptors (Lipinski definition) is 3. The van der Waals surface area contributed by atoms with Crippen molar-refractivity contribution in [3.05, 3.63) is 30.3 Å². The van der Waals surface area contributed by atoms with Crippen LogP contribution >= 0.6 is 0 Å². The maximum Gasteiger partial charge on any atom is 0.248 e. The maximum atomic E-state index is 11.2. The van der Waals surface area contributed by atoms with Gasteiger partial charge in [-0.05, 0) is 12.1 Å². The van der Waals surface area contributed by atoms with Crippen LogP contribution in [0.15, 0.2) is 35.4 Å². The van der Waals surface area contributed by atoms with E-state index in [0.29, 0.717) is 19.6 Å². The molecule has 0 fully saturated rings. The van der Waals surface area contributed by atoms with Crippen LogP contribution in [0.2, 0.25) is 0 Å². The molecule has 0 aliphatic carbocycles. The van der Waals surface area contributed by atoms with Gasteiger partial charge in [-0.1, -0.05) is 18.2 Å². The number of ether oxygens (including phenoxy) is 1. The summed E-state index contributed by atoms with van der Waals surface area (Å²) in [4.78, 5) is 11.2. The molecule has 15 heavy (non-hydrogen) atoms. The molecule has 0 aromatic heterocycles. The summed E-state index contributed by atoms with van der Waals surface area (Å²) < 4.78 is 5.45. The molecule has 0 N–H and O–H groups in total. The van der Waals surface area contributed by atoms with Gasteiger partial charge in [0.25, 0.3) is 0 Å². The van der Waals surface area contributed by atoms with Gasteiger partial charge in [-0.2, -0.15) is 5.10 Å². The molecule has 0 atom stereocenters. The second kappa shape index (κ2) is 4.59. The lowest BCUT2D eigenvalue weighted by atomic mass is 10.3. The van der Waals surface area contributed by atoms with Crippen molar-refractivity contribution in [2.45, 2.75) is 6.42 Å². The third-order valence-corrected chi connectivity index (χ3v) is 2.09. The minimum Gasteiger partial charge on any atom is -0.492 e. The molecule has 4 heteroatoms. The predicted molar refractivity (Wildman–Crippen MR) is 56.8 cm³/mol. The van der Waals surface area contributed by atoms with E-state index in [1.54, 1.807) is 6.21 Å². The van der Waals surface area contributed by atoms with Gasteiger partial charge in [-0.15, -0.1) is 0 Å². The highest BCUT2D eigenvalue weighted by Crippen LogP contribution is 2.08. The fraction of sp³-hybridized carbons (Fsp3) is 0.273. The summed E-state index contributed by atoms with van der Waals surface area (Å²) in [5, 5.41) is 5.36. The van der Waals surface area contributed by atoms with Gasteiger partial charge in [0.2, 0.25) is 5.91 Å². The topological polar surface area (TPSA) is 41.9 Å². The third-order valence-electron chi connectivity index (χ3n) is 2.09. The smallest absolute Gasteiger partial charge is 0.248 e. The molecule has 4 nitrogen and oxygen atoms in total. The first-order valence-electron chi connectivity index (χ1n) is 4.87. The van der Waals surface area contributed by atoms with Crippen molar-refractivity contribution in [3.8, 4) is 5.75 Å². The van der Waals surface area contributed by atoms with Crippen LogP contribution in [0.3, 0.4) is 0 Å². The summed E-state index contributed by atoms with van der Waals surface area (Å²) in [7, 11) is 0. The van der Waals surface area contributed by atoms with E-state index in [0.717, 1.165) is 5.75 Å². The summed E-state index contributed by atoms with van der Waals surface area (Å²) in [6, 6.07) is 9.52. The third kappa shape index (κ3) is 2.56. The van der Waals surface area contributed by atoms with E-state index in [4.69, 9.17) is 4.74 Å². The molecule has 0 spiro atoms. The SMILES string of the molecule is O=C1CC=NN1CCOc1ccccc1. The molecule has 0 saturated carbocycles. The molecule has 1 heterocycles. The lowest BCUT2D eigenvalue weighted by molar-refractivity contribution is -0.128. The first-order chi connectivity index (χ1) is 7.36. The highest BCUT2D eigenvalue weighted by atomic mass is 16.5. The lowest BCUT2D eigenvalue weighted by Crippen LogP contribution is -2.25. The van der Waals surface area contributed by atoms with E-state index in [1.165, 1.54) is 5.01 Å². The number of rotatable bonds is 4. The van der Waals surface area contributed by atoms with Gasteiger partial charge in [-0.3, -0.25) is 4.79 Å². The first kappa shape index (κ1) is 9.71. The second-order valence-corrected chi connectivity index (χ2v) is 3.18.